The molecule has 0 radical (unpaired) electrons. The number of aryl methyl sites for hydroxylation is 1. The highest BCUT2D eigenvalue weighted by atomic mass is 16.5. The standard InChI is InChI=1S/C14H22N2O2/c1-2-12-3-4-14(15-7-12)9-16-5-6-18-11-13(8-16)10-17/h3-4,7,13,17H,2,5-6,8-11H2,1H3. The Morgan fingerprint density at radius 1 is 1.50 bits per heavy atom. The maximum atomic E-state index is 9.25. The van der Waals surface area contributed by atoms with Crippen molar-refractivity contribution in [3.63, 3.8) is 0 Å². The highest BCUT2D eigenvalue weighted by molar-refractivity contribution is 5.13. The smallest absolute Gasteiger partial charge is 0.0593 e. The Balaban J connectivity index is 1.93. The molecular formula is C14H22N2O2. The topological polar surface area (TPSA) is 45.6 Å². The molecule has 4 heteroatoms. The SMILES string of the molecule is CCc1ccc(CN2CCOCC(CO)C2)nc1. The molecule has 0 saturated carbocycles. The summed E-state index contributed by atoms with van der Waals surface area (Å²) in [6.07, 6.45) is 2.98. The van der Waals surface area contributed by atoms with Crippen LogP contribution in [-0.4, -0.2) is 47.9 Å². The van der Waals surface area contributed by atoms with E-state index in [9.17, 15) is 5.11 Å². The summed E-state index contributed by atoms with van der Waals surface area (Å²) >= 11 is 0. The second-order valence-electron chi connectivity index (χ2n) is 4.87. The van der Waals surface area contributed by atoms with Crippen molar-refractivity contribution in [3.8, 4) is 0 Å². The van der Waals surface area contributed by atoms with Crippen molar-refractivity contribution < 1.29 is 9.84 Å². The third kappa shape index (κ3) is 3.77. The van der Waals surface area contributed by atoms with Crippen LogP contribution in [0.1, 0.15) is 18.2 Å². The van der Waals surface area contributed by atoms with E-state index < -0.39 is 0 Å². The third-order valence-corrected chi connectivity index (χ3v) is 3.36. The van der Waals surface area contributed by atoms with Crippen molar-refractivity contribution in [1.82, 2.24) is 9.88 Å². The van der Waals surface area contributed by atoms with Crippen LogP contribution in [0.5, 0.6) is 0 Å². The summed E-state index contributed by atoms with van der Waals surface area (Å²) in [4.78, 5) is 6.79. The number of nitrogens with zero attached hydrogens (tertiary/aromatic N) is 2. The lowest BCUT2D eigenvalue weighted by Gasteiger charge is -2.21. The summed E-state index contributed by atoms with van der Waals surface area (Å²) in [5, 5.41) is 9.25. The number of aliphatic hydroxyl groups excluding tert-OH is 1. The molecule has 18 heavy (non-hydrogen) atoms. The Hall–Kier alpha value is -0.970. The summed E-state index contributed by atoms with van der Waals surface area (Å²) in [6.45, 7) is 6.36. The molecule has 0 amide bonds. The summed E-state index contributed by atoms with van der Waals surface area (Å²) in [5.74, 6) is 0.224. The lowest BCUT2D eigenvalue weighted by molar-refractivity contribution is 0.0958. The molecule has 1 unspecified atom stereocenters. The Morgan fingerprint density at radius 2 is 2.39 bits per heavy atom. The fourth-order valence-corrected chi connectivity index (χ4v) is 2.19. The zero-order valence-corrected chi connectivity index (χ0v) is 11.0. The molecule has 0 aromatic carbocycles. The molecule has 0 spiro atoms. The Labute approximate surface area is 109 Å². The van der Waals surface area contributed by atoms with Gasteiger partial charge in [-0.3, -0.25) is 9.88 Å². The van der Waals surface area contributed by atoms with Crippen molar-refractivity contribution >= 4 is 0 Å². The van der Waals surface area contributed by atoms with Gasteiger partial charge in [0.15, 0.2) is 0 Å². The molecule has 100 valence electrons. The van der Waals surface area contributed by atoms with Gasteiger partial charge in [-0.2, -0.15) is 0 Å². The zero-order valence-electron chi connectivity index (χ0n) is 11.0. The summed E-state index contributed by atoms with van der Waals surface area (Å²) in [6, 6.07) is 4.23. The Morgan fingerprint density at radius 3 is 3.06 bits per heavy atom. The van der Waals surface area contributed by atoms with Gasteiger partial charge in [-0.15, -0.1) is 0 Å². The number of aliphatic hydroxyl groups is 1. The van der Waals surface area contributed by atoms with Crippen LogP contribution < -0.4 is 0 Å². The molecule has 1 aliphatic rings. The molecule has 1 aromatic rings. The molecule has 1 N–H and O–H groups in total. The molecular weight excluding hydrogens is 228 g/mol. The van der Waals surface area contributed by atoms with Crippen LogP contribution in [-0.2, 0) is 17.7 Å². The quantitative estimate of drug-likeness (QED) is 0.868. The predicted octanol–water partition coefficient (Wildman–Crippen LogP) is 1.08. The minimum absolute atomic E-state index is 0.193. The van der Waals surface area contributed by atoms with Gasteiger partial charge in [0.05, 0.1) is 18.9 Å². The minimum Gasteiger partial charge on any atom is -0.396 e. The molecule has 4 nitrogen and oxygen atoms in total. The van der Waals surface area contributed by atoms with E-state index >= 15 is 0 Å². The molecule has 1 saturated heterocycles. The first-order valence-corrected chi connectivity index (χ1v) is 6.66. The second kappa shape index (κ2) is 6.83. The van der Waals surface area contributed by atoms with Crippen LogP contribution in [0.25, 0.3) is 0 Å². The minimum atomic E-state index is 0.193. The molecule has 1 atom stereocenters. The average Bonchev–Trinajstić information content (AvgIpc) is 2.65. The van der Waals surface area contributed by atoms with Gasteiger partial charge in [-0.25, -0.2) is 0 Å². The molecule has 1 aromatic heterocycles. The largest absolute Gasteiger partial charge is 0.396 e. The molecule has 0 aliphatic carbocycles. The Bertz CT molecular complexity index is 353. The van der Waals surface area contributed by atoms with Crippen LogP contribution in [0.2, 0.25) is 0 Å². The van der Waals surface area contributed by atoms with Gasteiger partial charge in [0.1, 0.15) is 0 Å². The zero-order chi connectivity index (χ0) is 12.8. The van der Waals surface area contributed by atoms with E-state index in [1.807, 2.05) is 6.20 Å². The van der Waals surface area contributed by atoms with Crippen LogP contribution in [0.3, 0.4) is 0 Å². The van der Waals surface area contributed by atoms with Crippen molar-refractivity contribution in [2.75, 3.05) is 32.9 Å². The van der Waals surface area contributed by atoms with E-state index in [0.29, 0.717) is 6.61 Å². The number of hydrogen-bond donors (Lipinski definition) is 1. The monoisotopic (exact) mass is 250 g/mol. The van der Waals surface area contributed by atoms with Gasteiger partial charge in [-0.1, -0.05) is 13.0 Å². The van der Waals surface area contributed by atoms with E-state index in [1.165, 1.54) is 5.56 Å². The van der Waals surface area contributed by atoms with Gasteiger partial charge in [0, 0.05) is 38.4 Å². The van der Waals surface area contributed by atoms with Gasteiger partial charge in [-0.05, 0) is 18.1 Å². The lowest BCUT2D eigenvalue weighted by atomic mass is 10.1. The normalized spacial score (nSPS) is 21.8. The number of rotatable bonds is 4. The van der Waals surface area contributed by atoms with Crippen molar-refractivity contribution in [2.24, 2.45) is 5.92 Å². The Kier molecular flexibility index (Phi) is 5.11. The second-order valence-corrected chi connectivity index (χ2v) is 4.87. The molecule has 0 bridgehead atoms. The molecule has 2 heterocycles. The summed E-state index contributed by atoms with van der Waals surface area (Å²) in [7, 11) is 0. The molecule has 1 aliphatic heterocycles. The van der Waals surface area contributed by atoms with Gasteiger partial charge < -0.3 is 9.84 Å². The van der Waals surface area contributed by atoms with Crippen LogP contribution in [0.4, 0.5) is 0 Å². The van der Waals surface area contributed by atoms with Gasteiger partial charge >= 0.3 is 0 Å². The number of hydrogen-bond acceptors (Lipinski definition) is 4. The fourth-order valence-electron chi connectivity index (χ4n) is 2.19. The number of aromatic nitrogens is 1. The van der Waals surface area contributed by atoms with Crippen molar-refractivity contribution in [2.45, 2.75) is 19.9 Å². The first kappa shape index (κ1) is 13.5. The lowest BCUT2D eigenvalue weighted by Crippen LogP contribution is -2.31. The molecule has 2 rings (SSSR count). The summed E-state index contributed by atoms with van der Waals surface area (Å²) < 4.78 is 5.48. The van der Waals surface area contributed by atoms with E-state index in [0.717, 1.165) is 38.4 Å². The van der Waals surface area contributed by atoms with E-state index in [4.69, 9.17) is 4.74 Å². The first-order chi connectivity index (χ1) is 8.81. The summed E-state index contributed by atoms with van der Waals surface area (Å²) in [5.41, 5.74) is 2.36. The van der Waals surface area contributed by atoms with Crippen LogP contribution >= 0.6 is 0 Å². The van der Waals surface area contributed by atoms with E-state index in [1.54, 1.807) is 0 Å². The number of ether oxygens (including phenoxy) is 1. The maximum Gasteiger partial charge on any atom is 0.0593 e. The molecule has 1 fully saturated rings. The van der Waals surface area contributed by atoms with E-state index in [2.05, 4.69) is 28.9 Å². The van der Waals surface area contributed by atoms with Crippen LogP contribution in [0.15, 0.2) is 18.3 Å². The van der Waals surface area contributed by atoms with Crippen LogP contribution in [0, 0.1) is 5.92 Å². The van der Waals surface area contributed by atoms with Crippen molar-refractivity contribution in [3.05, 3.63) is 29.6 Å². The fraction of sp³-hybridized carbons (Fsp3) is 0.643. The highest BCUT2D eigenvalue weighted by Crippen LogP contribution is 2.10. The van der Waals surface area contributed by atoms with E-state index in [-0.39, 0.29) is 12.5 Å². The average molecular weight is 250 g/mol. The predicted molar refractivity (Wildman–Crippen MR) is 70.3 cm³/mol. The number of pyridine rings is 1. The highest BCUT2D eigenvalue weighted by Gasteiger charge is 2.18. The maximum absolute atomic E-state index is 9.25. The first-order valence-electron chi connectivity index (χ1n) is 6.66. The van der Waals surface area contributed by atoms with Gasteiger partial charge in [0.25, 0.3) is 0 Å². The van der Waals surface area contributed by atoms with Crippen molar-refractivity contribution in [1.29, 1.82) is 0 Å². The van der Waals surface area contributed by atoms with Gasteiger partial charge in [0.2, 0.25) is 0 Å². The third-order valence-electron chi connectivity index (χ3n) is 3.36.